The zero-order valence-electron chi connectivity index (χ0n) is 14.0. The monoisotopic (exact) mass is 471 g/mol. The Morgan fingerprint density at radius 1 is 1.15 bits per heavy atom. The van der Waals surface area contributed by atoms with Crippen molar-refractivity contribution in [1.82, 2.24) is 14.8 Å². The van der Waals surface area contributed by atoms with Crippen molar-refractivity contribution in [3.63, 3.8) is 0 Å². The van der Waals surface area contributed by atoms with E-state index in [9.17, 15) is 0 Å². The van der Waals surface area contributed by atoms with Crippen LogP contribution in [0.3, 0.4) is 0 Å². The summed E-state index contributed by atoms with van der Waals surface area (Å²) in [6.07, 6.45) is 0. The van der Waals surface area contributed by atoms with Crippen LogP contribution in [0, 0.1) is 0 Å². The highest BCUT2D eigenvalue weighted by atomic mass is 79.9. The van der Waals surface area contributed by atoms with Gasteiger partial charge in [-0.3, -0.25) is 0 Å². The van der Waals surface area contributed by atoms with E-state index < -0.39 is 0 Å². The van der Waals surface area contributed by atoms with E-state index in [4.69, 9.17) is 27.9 Å². The van der Waals surface area contributed by atoms with E-state index in [2.05, 4.69) is 45.2 Å². The molecular weight excluding hydrogens is 457 g/mol. The summed E-state index contributed by atoms with van der Waals surface area (Å²) in [5.74, 6) is 2.10. The fourth-order valence-electron chi connectivity index (χ4n) is 2.35. The van der Waals surface area contributed by atoms with Crippen LogP contribution < -0.4 is 4.74 Å². The quantitative estimate of drug-likeness (QED) is 0.381. The lowest BCUT2D eigenvalue weighted by molar-refractivity contribution is 0.288. The third-order valence-corrected chi connectivity index (χ3v) is 5.70. The average Bonchev–Trinajstić information content (AvgIpc) is 3.02. The number of benzene rings is 2. The Labute approximate surface area is 175 Å². The van der Waals surface area contributed by atoms with Crippen molar-refractivity contribution in [2.24, 2.45) is 0 Å². The number of hydrogen-bond donors (Lipinski definition) is 0. The molecule has 0 N–H and O–H groups in total. The number of rotatable bonds is 7. The van der Waals surface area contributed by atoms with Crippen LogP contribution in [0.2, 0.25) is 10.0 Å². The second kappa shape index (κ2) is 9.13. The van der Waals surface area contributed by atoms with Crippen molar-refractivity contribution >= 4 is 50.9 Å². The molecule has 0 saturated carbocycles. The molecule has 0 aliphatic carbocycles. The summed E-state index contributed by atoms with van der Waals surface area (Å²) in [5, 5.41) is 10.5. The van der Waals surface area contributed by atoms with Crippen LogP contribution in [0.25, 0.3) is 0 Å². The minimum Gasteiger partial charge on any atom is -0.484 e. The van der Waals surface area contributed by atoms with Crippen molar-refractivity contribution < 1.29 is 4.74 Å². The predicted octanol–water partition coefficient (Wildman–Crippen LogP) is 6.24. The summed E-state index contributed by atoms with van der Waals surface area (Å²) in [7, 11) is 0. The van der Waals surface area contributed by atoms with Crippen LogP contribution in [-0.4, -0.2) is 14.8 Å². The summed E-state index contributed by atoms with van der Waals surface area (Å²) in [6, 6.07) is 13.4. The molecule has 0 fully saturated rings. The standard InChI is InChI=1S/C18H16BrCl2N3OS/c1-2-24-17(10-25-16-9-14(20)6-7-15(16)21)22-23-18(24)26-11-12-4-3-5-13(19)8-12/h3-9H,2,10-11H2,1H3. The number of thioether (sulfide) groups is 1. The van der Waals surface area contributed by atoms with Crippen molar-refractivity contribution in [1.29, 1.82) is 0 Å². The molecule has 3 aromatic rings. The lowest BCUT2D eigenvalue weighted by Gasteiger charge is -2.10. The van der Waals surface area contributed by atoms with E-state index >= 15 is 0 Å². The summed E-state index contributed by atoms with van der Waals surface area (Å²) in [5.41, 5.74) is 1.22. The van der Waals surface area contributed by atoms with Crippen LogP contribution in [0.1, 0.15) is 18.3 Å². The van der Waals surface area contributed by atoms with Gasteiger partial charge >= 0.3 is 0 Å². The van der Waals surface area contributed by atoms with Gasteiger partial charge in [0.05, 0.1) is 5.02 Å². The van der Waals surface area contributed by atoms with E-state index in [0.29, 0.717) is 15.8 Å². The largest absolute Gasteiger partial charge is 0.484 e. The van der Waals surface area contributed by atoms with Gasteiger partial charge in [-0.25, -0.2) is 0 Å². The number of hydrogen-bond acceptors (Lipinski definition) is 4. The van der Waals surface area contributed by atoms with Crippen LogP contribution in [0.4, 0.5) is 0 Å². The van der Waals surface area contributed by atoms with E-state index in [-0.39, 0.29) is 6.61 Å². The summed E-state index contributed by atoms with van der Waals surface area (Å²) < 4.78 is 8.90. The molecule has 0 aliphatic heterocycles. The molecule has 1 aromatic heterocycles. The molecule has 2 aromatic carbocycles. The molecule has 0 atom stereocenters. The zero-order valence-corrected chi connectivity index (χ0v) is 17.9. The van der Waals surface area contributed by atoms with Crippen molar-refractivity contribution in [2.45, 2.75) is 31.0 Å². The fraction of sp³-hybridized carbons (Fsp3) is 0.222. The van der Waals surface area contributed by atoms with Crippen molar-refractivity contribution in [3.8, 4) is 5.75 Å². The number of halogens is 3. The van der Waals surface area contributed by atoms with Crippen LogP contribution in [0.5, 0.6) is 5.75 Å². The second-order valence-electron chi connectivity index (χ2n) is 5.43. The Hall–Kier alpha value is -1.21. The van der Waals surface area contributed by atoms with Gasteiger partial charge in [-0.1, -0.05) is 63.0 Å². The maximum absolute atomic E-state index is 6.14. The minimum absolute atomic E-state index is 0.276. The van der Waals surface area contributed by atoms with Gasteiger partial charge in [0.25, 0.3) is 0 Å². The number of nitrogens with zero attached hydrogens (tertiary/aromatic N) is 3. The first-order valence-electron chi connectivity index (χ1n) is 7.94. The first kappa shape index (κ1) is 19.5. The Kier molecular flexibility index (Phi) is 6.86. The van der Waals surface area contributed by atoms with E-state index in [1.165, 1.54) is 5.56 Å². The SMILES string of the molecule is CCn1c(COc2cc(Cl)ccc2Cl)nnc1SCc1cccc(Br)c1. The van der Waals surface area contributed by atoms with Gasteiger partial charge in [0.2, 0.25) is 0 Å². The van der Waals surface area contributed by atoms with Crippen molar-refractivity contribution in [2.75, 3.05) is 0 Å². The predicted molar refractivity (Wildman–Crippen MR) is 110 cm³/mol. The highest BCUT2D eigenvalue weighted by Crippen LogP contribution is 2.29. The van der Waals surface area contributed by atoms with Gasteiger partial charge in [-0.15, -0.1) is 10.2 Å². The average molecular weight is 473 g/mol. The molecule has 0 aliphatic rings. The summed E-state index contributed by atoms with van der Waals surface area (Å²) >= 11 is 17.3. The zero-order chi connectivity index (χ0) is 18.5. The molecule has 3 rings (SSSR count). The third-order valence-electron chi connectivity index (χ3n) is 3.62. The first-order chi connectivity index (χ1) is 12.6. The van der Waals surface area contributed by atoms with Gasteiger partial charge in [-0.2, -0.15) is 0 Å². The normalized spacial score (nSPS) is 10.9. The summed E-state index contributed by atoms with van der Waals surface area (Å²) in [4.78, 5) is 0. The lowest BCUT2D eigenvalue weighted by atomic mass is 10.2. The maximum atomic E-state index is 6.14. The van der Waals surface area contributed by atoms with E-state index in [0.717, 1.165) is 27.8 Å². The van der Waals surface area contributed by atoms with Crippen LogP contribution in [-0.2, 0) is 18.9 Å². The fourth-order valence-corrected chi connectivity index (χ4v) is 4.10. The Morgan fingerprint density at radius 2 is 2.00 bits per heavy atom. The molecule has 136 valence electrons. The van der Waals surface area contributed by atoms with E-state index in [1.807, 2.05) is 16.7 Å². The molecule has 0 unspecified atom stereocenters. The third kappa shape index (κ3) is 4.94. The van der Waals surface area contributed by atoms with Crippen molar-refractivity contribution in [3.05, 3.63) is 68.4 Å². The first-order valence-corrected chi connectivity index (χ1v) is 10.5. The topological polar surface area (TPSA) is 39.9 Å². The molecule has 0 bridgehead atoms. The highest BCUT2D eigenvalue weighted by Gasteiger charge is 2.13. The van der Waals surface area contributed by atoms with Gasteiger partial charge in [0.15, 0.2) is 11.0 Å². The lowest BCUT2D eigenvalue weighted by Crippen LogP contribution is -2.07. The van der Waals surface area contributed by atoms with Gasteiger partial charge in [-0.05, 0) is 36.8 Å². The maximum Gasteiger partial charge on any atom is 0.191 e. The highest BCUT2D eigenvalue weighted by molar-refractivity contribution is 9.10. The minimum atomic E-state index is 0.276. The van der Waals surface area contributed by atoms with Crippen LogP contribution >= 0.6 is 50.9 Å². The van der Waals surface area contributed by atoms with Gasteiger partial charge in [0, 0.05) is 27.9 Å². The Morgan fingerprint density at radius 3 is 2.77 bits per heavy atom. The number of ether oxygens (including phenoxy) is 1. The molecule has 0 amide bonds. The smallest absolute Gasteiger partial charge is 0.191 e. The number of aromatic nitrogens is 3. The molecule has 4 nitrogen and oxygen atoms in total. The van der Waals surface area contributed by atoms with Crippen LogP contribution in [0.15, 0.2) is 52.1 Å². The summed E-state index contributed by atoms with van der Waals surface area (Å²) in [6.45, 7) is 3.09. The van der Waals surface area contributed by atoms with Gasteiger partial charge in [0.1, 0.15) is 12.4 Å². The Bertz CT molecular complexity index is 904. The molecular formula is C18H16BrCl2N3OS. The molecule has 26 heavy (non-hydrogen) atoms. The molecule has 0 saturated heterocycles. The molecule has 8 heteroatoms. The Balaban J connectivity index is 1.68. The molecule has 1 heterocycles. The molecule has 0 radical (unpaired) electrons. The van der Waals surface area contributed by atoms with Gasteiger partial charge < -0.3 is 9.30 Å². The molecule has 0 spiro atoms. The van der Waals surface area contributed by atoms with E-state index in [1.54, 1.807) is 30.0 Å². The second-order valence-corrected chi connectivity index (χ2v) is 8.13.